The van der Waals surface area contributed by atoms with Crippen molar-refractivity contribution < 1.29 is 13.2 Å². The Labute approximate surface area is 99.8 Å². The quantitative estimate of drug-likeness (QED) is 0.658. The first-order valence-electron chi connectivity index (χ1n) is 5.27. The number of hydrogen-bond donors (Lipinski definition) is 1. The monoisotopic (exact) mass is 264 g/mol. The molecule has 17 heavy (non-hydrogen) atoms. The molecule has 1 aromatic heterocycles. The molecule has 0 amide bonds. The molecule has 7 heteroatoms. The van der Waals surface area contributed by atoms with Crippen LogP contribution in [0.1, 0.15) is 24.1 Å². The summed E-state index contributed by atoms with van der Waals surface area (Å²) < 4.78 is 36.1. The zero-order valence-electron chi connectivity index (χ0n) is 8.93. The fourth-order valence-electron chi connectivity index (χ4n) is 1.80. The van der Waals surface area contributed by atoms with Crippen LogP contribution in [0.15, 0.2) is 9.95 Å². The lowest BCUT2D eigenvalue weighted by Crippen LogP contribution is -2.22. The molecule has 3 nitrogen and oxygen atoms in total. The number of halogens is 3. The molecule has 0 aliphatic heterocycles. The van der Waals surface area contributed by atoms with E-state index < -0.39 is 11.9 Å². The smallest absolute Gasteiger partial charge is 0.301 e. The number of aryl methyl sites for hydroxylation is 1. The molecule has 0 unspecified atom stereocenters. The van der Waals surface area contributed by atoms with Crippen molar-refractivity contribution in [1.82, 2.24) is 9.97 Å². The van der Waals surface area contributed by atoms with E-state index in [1.165, 1.54) is 0 Å². The summed E-state index contributed by atoms with van der Waals surface area (Å²) in [7, 11) is 0. The van der Waals surface area contributed by atoms with Gasteiger partial charge in [0.15, 0.2) is 5.16 Å². The molecule has 0 spiro atoms. The standard InChI is InChI=1S/C10H11F3N2OS/c11-10(12,13)5-17-9-14-7-4-2-1-3-6(7)8(16)15-9/h1-5H2,(H,14,15,16). The molecule has 94 valence electrons. The number of hydrogen-bond acceptors (Lipinski definition) is 3. The van der Waals surface area contributed by atoms with Crippen molar-refractivity contribution in [2.45, 2.75) is 37.0 Å². The van der Waals surface area contributed by atoms with Crippen LogP contribution < -0.4 is 5.56 Å². The summed E-state index contributed by atoms with van der Waals surface area (Å²) in [5, 5.41) is 0.0629. The first-order valence-corrected chi connectivity index (χ1v) is 6.26. The van der Waals surface area contributed by atoms with Gasteiger partial charge in [-0.05, 0) is 25.7 Å². The molecule has 1 heterocycles. The summed E-state index contributed by atoms with van der Waals surface area (Å²) in [6.45, 7) is 0. The van der Waals surface area contributed by atoms with Crippen LogP contribution in [0.3, 0.4) is 0 Å². The SMILES string of the molecule is O=c1[nH]c(SCC(F)(F)F)nc2c1CCCC2. The van der Waals surface area contributed by atoms with E-state index in [1.807, 2.05) is 0 Å². The van der Waals surface area contributed by atoms with Crippen molar-refractivity contribution in [1.29, 1.82) is 0 Å². The van der Waals surface area contributed by atoms with Gasteiger partial charge in [-0.1, -0.05) is 11.8 Å². The predicted molar refractivity (Wildman–Crippen MR) is 58.3 cm³/mol. The van der Waals surface area contributed by atoms with E-state index in [1.54, 1.807) is 0 Å². The van der Waals surface area contributed by atoms with Gasteiger partial charge in [0.1, 0.15) is 0 Å². The second-order valence-corrected chi connectivity index (χ2v) is 4.87. The van der Waals surface area contributed by atoms with Gasteiger partial charge < -0.3 is 4.98 Å². The van der Waals surface area contributed by atoms with Crippen LogP contribution in [0.4, 0.5) is 13.2 Å². The highest BCUT2D eigenvalue weighted by atomic mass is 32.2. The third-order valence-electron chi connectivity index (χ3n) is 2.54. The van der Waals surface area contributed by atoms with Crippen molar-refractivity contribution in [3.63, 3.8) is 0 Å². The maximum absolute atomic E-state index is 12.0. The van der Waals surface area contributed by atoms with Gasteiger partial charge in [0.05, 0.1) is 11.4 Å². The minimum absolute atomic E-state index is 0.0629. The molecule has 0 fully saturated rings. The highest BCUT2D eigenvalue weighted by Crippen LogP contribution is 2.25. The van der Waals surface area contributed by atoms with Crippen LogP contribution in [0.5, 0.6) is 0 Å². The molecule has 1 aromatic rings. The number of aromatic amines is 1. The Morgan fingerprint density at radius 2 is 2.00 bits per heavy atom. The number of aromatic nitrogens is 2. The van der Waals surface area contributed by atoms with Gasteiger partial charge in [0.2, 0.25) is 0 Å². The van der Waals surface area contributed by atoms with Gasteiger partial charge in [-0.15, -0.1) is 0 Å². The summed E-state index contributed by atoms with van der Waals surface area (Å²) >= 11 is 0.523. The van der Waals surface area contributed by atoms with E-state index in [-0.39, 0.29) is 10.7 Å². The maximum Gasteiger partial charge on any atom is 0.398 e. The Morgan fingerprint density at radius 1 is 1.29 bits per heavy atom. The van der Waals surface area contributed by atoms with E-state index in [4.69, 9.17) is 0 Å². The Bertz CT molecular complexity index is 470. The molecule has 2 rings (SSSR count). The third-order valence-corrected chi connectivity index (χ3v) is 3.48. The molecular weight excluding hydrogens is 253 g/mol. The normalized spacial score (nSPS) is 15.7. The van der Waals surface area contributed by atoms with Crippen LogP contribution >= 0.6 is 11.8 Å². The number of thioether (sulfide) groups is 1. The van der Waals surface area contributed by atoms with E-state index in [0.29, 0.717) is 35.9 Å². The van der Waals surface area contributed by atoms with E-state index in [0.717, 1.165) is 12.8 Å². The minimum Gasteiger partial charge on any atom is -0.301 e. The lowest BCUT2D eigenvalue weighted by atomic mass is 9.97. The van der Waals surface area contributed by atoms with Crippen molar-refractivity contribution in [2.75, 3.05) is 5.75 Å². The molecule has 0 aromatic carbocycles. The average Bonchev–Trinajstić information content (AvgIpc) is 2.26. The Morgan fingerprint density at radius 3 is 2.71 bits per heavy atom. The first kappa shape index (κ1) is 12.5. The topological polar surface area (TPSA) is 45.8 Å². The van der Waals surface area contributed by atoms with E-state index in [9.17, 15) is 18.0 Å². The molecule has 0 saturated carbocycles. The molecule has 0 saturated heterocycles. The van der Waals surface area contributed by atoms with Crippen molar-refractivity contribution in [3.05, 3.63) is 21.6 Å². The molecule has 1 aliphatic rings. The largest absolute Gasteiger partial charge is 0.398 e. The number of rotatable bonds is 2. The van der Waals surface area contributed by atoms with Gasteiger partial charge in [-0.25, -0.2) is 4.98 Å². The third kappa shape index (κ3) is 3.24. The van der Waals surface area contributed by atoms with Crippen molar-refractivity contribution in [3.8, 4) is 0 Å². The summed E-state index contributed by atoms with van der Waals surface area (Å²) in [6.07, 6.45) is -1.03. The minimum atomic E-state index is -4.25. The average molecular weight is 264 g/mol. The highest BCUT2D eigenvalue weighted by Gasteiger charge is 2.28. The van der Waals surface area contributed by atoms with Crippen LogP contribution in [-0.2, 0) is 12.8 Å². The zero-order valence-corrected chi connectivity index (χ0v) is 9.75. The van der Waals surface area contributed by atoms with Gasteiger partial charge in [0.25, 0.3) is 5.56 Å². The van der Waals surface area contributed by atoms with Crippen LogP contribution in [-0.4, -0.2) is 21.9 Å². The fourth-order valence-corrected chi connectivity index (χ4v) is 2.44. The lowest BCUT2D eigenvalue weighted by Gasteiger charge is -2.14. The lowest BCUT2D eigenvalue weighted by molar-refractivity contribution is -0.105. The van der Waals surface area contributed by atoms with Gasteiger partial charge >= 0.3 is 6.18 Å². The van der Waals surface area contributed by atoms with Gasteiger partial charge in [-0.2, -0.15) is 13.2 Å². The Balaban J connectivity index is 2.20. The molecule has 1 N–H and O–H groups in total. The summed E-state index contributed by atoms with van der Waals surface area (Å²) in [5.74, 6) is -1.03. The molecule has 0 atom stereocenters. The summed E-state index contributed by atoms with van der Waals surface area (Å²) in [6, 6.07) is 0. The van der Waals surface area contributed by atoms with Crippen LogP contribution in [0.2, 0.25) is 0 Å². The maximum atomic E-state index is 12.0. The second-order valence-electron chi connectivity index (χ2n) is 3.91. The molecule has 0 bridgehead atoms. The van der Waals surface area contributed by atoms with E-state index >= 15 is 0 Å². The Hall–Kier alpha value is -0.980. The van der Waals surface area contributed by atoms with Crippen molar-refractivity contribution >= 4 is 11.8 Å². The predicted octanol–water partition coefficient (Wildman–Crippen LogP) is 2.30. The molecule has 1 aliphatic carbocycles. The highest BCUT2D eigenvalue weighted by molar-refractivity contribution is 7.99. The Kier molecular flexibility index (Phi) is 3.46. The van der Waals surface area contributed by atoms with Crippen LogP contribution in [0, 0.1) is 0 Å². The molecular formula is C10H11F3N2OS. The van der Waals surface area contributed by atoms with Gasteiger partial charge in [0, 0.05) is 5.56 Å². The van der Waals surface area contributed by atoms with Crippen molar-refractivity contribution in [2.24, 2.45) is 0 Å². The number of nitrogens with zero attached hydrogens (tertiary/aromatic N) is 1. The summed E-state index contributed by atoms with van der Waals surface area (Å²) in [5.41, 5.74) is 0.997. The number of fused-ring (bicyclic) bond motifs is 1. The number of nitrogens with one attached hydrogen (secondary N) is 1. The van der Waals surface area contributed by atoms with Crippen LogP contribution in [0.25, 0.3) is 0 Å². The number of alkyl halides is 3. The van der Waals surface area contributed by atoms with Gasteiger partial charge in [-0.3, -0.25) is 4.79 Å². The zero-order chi connectivity index (χ0) is 12.5. The molecule has 0 radical (unpaired) electrons. The fraction of sp³-hybridized carbons (Fsp3) is 0.600. The number of H-pyrrole nitrogens is 1. The second kappa shape index (κ2) is 4.72. The first-order chi connectivity index (χ1) is 7.96. The van der Waals surface area contributed by atoms with E-state index in [2.05, 4.69) is 9.97 Å². The summed E-state index contributed by atoms with van der Waals surface area (Å²) in [4.78, 5) is 18.1.